The van der Waals surface area contributed by atoms with E-state index in [1.807, 2.05) is 24.7 Å². The third-order valence-electron chi connectivity index (χ3n) is 3.00. The second-order valence-corrected chi connectivity index (χ2v) is 4.60. The summed E-state index contributed by atoms with van der Waals surface area (Å²) in [4.78, 5) is 22.5. The predicted octanol–water partition coefficient (Wildman–Crippen LogP) is 0.423. The van der Waals surface area contributed by atoms with E-state index in [9.17, 15) is 9.59 Å². The molecule has 8 nitrogen and oxygen atoms in total. The SMILES string of the molecule is CCn1cc(CNC(=O)c2cnn(CC(=O)O)c2)c(C)n1. The van der Waals surface area contributed by atoms with Crippen molar-refractivity contribution in [3.05, 3.63) is 35.4 Å². The van der Waals surface area contributed by atoms with E-state index >= 15 is 0 Å². The number of nitrogens with zero attached hydrogens (tertiary/aromatic N) is 4. The summed E-state index contributed by atoms with van der Waals surface area (Å²) in [5.41, 5.74) is 2.15. The standard InChI is InChI=1S/C13H17N5O3/c1-3-17-6-10(9(2)16-17)4-14-13(21)11-5-15-18(7-11)8-12(19)20/h5-7H,3-4,8H2,1-2H3,(H,14,21)(H,19,20). The maximum atomic E-state index is 12.0. The van der Waals surface area contributed by atoms with Gasteiger partial charge in [0.15, 0.2) is 0 Å². The van der Waals surface area contributed by atoms with E-state index in [1.165, 1.54) is 17.1 Å². The minimum Gasteiger partial charge on any atom is -0.480 e. The molecule has 21 heavy (non-hydrogen) atoms. The highest BCUT2D eigenvalue weighted by Gasteiger charge is 2.11. The fraction of sp³-hybridized carbons (Fsp3) is 0.385. The Labute approximate surface area is 121 Å². The molecular formula is C13H17N5O3. The number of aliphatic carboxylic acids is 1. The normalized spacial score (nSPS) is 10.6. The molecule has 1 amide bonds. The Morgan fingerprint density at radius 3 is 2.71 bits per heavy atom. The van der Waals surface area contributed by atoms with Crippen molar-refractivity contribution in [2.24, 2.45) is 0 Å². The van der Waals surface area contributed by atoms with Crippen LogP contribution in [0.3, 0.4) is 0 Å². The van der Waals surface area contributed by atoms with Crippen molar-refractivity contribution in [3.63, 3.8) is 0 Å². The molecule has 0 radical (unpaired) electrons. The van der Waals surface area contributed by atoms with Crippen LogP contribution in [0.25, 0.3) is 0 Å². The summed E-state index contributed by atoms with van der Waals surface area (Å²) in [6.45, 7) is 4.76. The minimum absolute atomic E-state index is 0.268. The molecule has 0 saturated carbocycles. The van der Waals surface area contributed by atoms with Crippen molar-refractivity contribution in [1.29, 1.82) is 0 Å². The molecule has 0 unspecified atom stereocenters. The molecule has 2 rings (SSSR count). The number of carboxylic acid groups (broad SMARTS) is 1. The van der Waals surface area contributed by atoms with Crippen LogP contribution in [-0.4, -0.2) is 36.5 Å². The zero-order valence-electron chi connectivity index (χ0n) is 11.9. The van der Waals surface area contributed by atoms with E-state index in [0.29, 0.717) is 12.1 Å². The van der Waals surface area contributed by atoms with E-state index in [0.717, 1.165) is 17.8 Å². The first kappa shape index (κ1) is 14.8. The topological polar surface area (TPSA) is 102 Å². The number of hydrogen-bond donors (Lipinski definition) is 2. The Kier molecular flexibility index (Phi) is 4.36. The summed E-state index contributed by atoms with van der Waals surface area (Å²) >= 11 is 0. The maximum Gasteiger partial charge on any atom is 0.325 e. The van der Waals surface area contributed by atoms with Crippen LogP contribution in [0, 0.1) is 6.92 Å². The second kappa shape index (κ2) is 6.21. The first-order chi connectivity index (χ1) is 9.99. The van der Waals surface area contributed by atoms with Gasteiger partial charge in [0.2, 0.25) is 0 Å². The number of carboxylic acids is 1. The lowest BCUT2D eigenvalue weighted by atomic mass is 10.2. The molecule has 0 aliphatic carbocycles. The summed E-state index contributed by atoms with van der Waals surface area (Å²) in [7, 11) is 0. The molecule has 0 fully saturated rings. The molecule has 0 aromatic carbocycles. The van der Waals surface area contributed by atoms with Gasteiger partial charge in [-0.25, -0.2) is 0 Å². The van der Waals surface area contributed by atoms with Gasteiger partial charge in [-0.1, -0.05) is 0 Å². The summed E-state index contributed by atoms with van der Waals surface area (Å²) in [5, 5.41) is 19.5. The molecule has 0 saturated heterocycles. The van der Waals surface area contributed by atoms with E-state index in [1.54, 1.807) is 0 Å². The van der Waals surface area contributed by atoms with E-state index in [4.69, 9.17) is 5.11 Å². The summed E-state index contributed by atoms with van der Waals surface area (Å²) < 4.78 is 3.01. The first-order valence-corrected chi connectivity index (χ1v) is 6.55. The highest BCUT2D eigenvalue weighted by Crippen LogP contribution is 2.06. The Morgan fingerprint density at radius 2 is 2.10 bits per heavy atom. The second-order valence-electron chi connectivity index (χ2n) is 4.60. The molecule has 2 heterocycles. The summed E-state index contributed by atoms with van der Waals surface area (Å²) in [5.74, 6) is -1.30. The molecule has 8 heteroatoms. The van der Waals surface area contributed by atoms with Crippen LogP contribution in [0.5, 0.6) is 0 Å². The van der Waals surface area contributed by atoms with Crippen molar-refractivity contribution < 1.29 is 14.7 Å². The molecule has 2 aromatic rings. The summed E-state index contributed by atoms with van der Waals surface area (Å²) in [6, 6.07) is 0. The first-order valence-electron chi connectivity index (χ1n) is 6.55. The van der Waals surface area contributed by atoms with Crippen molar-refractivity contribution in [3.8, 4) is 0 Å². The number of nitrogens with one attached hydrogen (secondary N) is 1. The molecule has 0 aliphatic rings. The Balaban J connectivity index is 1.96. The smallest absolute Gasteiger partial charge is 0.325 e. The van der Waals surface area contributed by atoms with Gasteiger partial charge in [0.05, 0.1) is 17.5 Å². The monoisotopic (exact) mass is 291 g/mol. The number of carbonyl (C=O) groups excluding carboxylic acids is 1. The molecule has 2 N–H and O–H groups in total. The molecule has 2 aromatic heterocycles. The van der Waals surface area contributed by atoms with Crippen molar-refractivity contribution in [1.82, 2.24) is 24.9 Å². The number of aromatic nitrogens is 4. The van der Waals surface area contributed by atoms with Crippen LogP contribution in [0.4, 0.5) is 0 Å². The van der Waals surface area contributed by atoms with Crippen LogP contribution in [0.1, 0.15) is 28.5 Å². The average Bonchev–Trinajstić information content (AvgIpc) is 3.02. The Bertz CT molecular complexity index is 659. The third-order valence-corrected chi connectivity index (χ3v) is 3.00. The highest BCUT2D eigenvalue weighted by molar-refractivity contribution is 5.93. The molecular weight excluding hydrogens is 274 g/mol. The van der Waals surface area contributed by atoms with E-state index in [2.05, 4.69) is 15.5 Å². The highest BCUT2D eigenvalue weighted by atomic mass is 16.4. The third kappa shape index (κ3) is 3.68. The van der Waals surface area contributed by atoms with Gasteiger partial charge in [-0.05, 0) is 13.8 Å². The number of carbonyl (C=O) groups is 2. The number of hydrogen-bond acceptors (Lipinski definition) is 4. The number of amides is 1. The lowest BCUT2D eigenvalue weighted by Gasteiger charge is -2.02. The van der Waals surface area contributed by atoms with Gasteiger partial charge in [0.25, 0.3) is 5.91 Å². The maximum absolute atomic E-state index is 12.0. The molecule has 0 aliphatic heterocycles. The lowest BCUT2D eigenvalue weighted by molar-refractivity contribution is -0.137. The van der Waals surface area contributed by atoms with Gasteiger partial charge in [-0.15, -0.1) is 0 Å². The summed E-state index contributed by atoms with van der Waals surface area (Å²) in [6.07, 6.45) is 4.65. The zero-order valence-corrected chi connectivity index (χ0v) is 11.9. The zero-order chi connectivity index (χ0) is 15.4. The number of rotatable bonds is 6. The van der Waals surface area contributed by atoms with Gasteiger partial charge in [-0.2, -0.15) is 10.2 Å². The van der Waals surface area contributed by atoms with Crippen LogP contribution in [0.15, 0.2) is 18.6 Å². The lowest BCUT2D eigenvalue weighted by Crippen LogP contribution is -2.22. The molecule has 0 bridgehead atoms. The average molecular weight is 291 g/mol. The number of aryl methyl sites for hydroxylation is 2. The Morgan fingerprint density at radius 1 is 1.33 bits per heavy atom. The van der Waals surface area contributed by atoms with Gasteiger partial charge in [0, 0.05) is 31.0 Å². The van der Waals surface area contributed by atoms with Gasteiger partial charge >= 0.3 is 5.97 Å². The van der Waals surface area contributed by atoms with Gasteiger partial charge in [-0.3, -0.25) is 19.0 Å². The van der Waals surface area contributed by atoms with Gasteiger partial charge in [0.1, 0.15) is 6.54 Å². The van der Waals surface area contributed by atoms with Crippen LogP contribution < -0.4 is 5.32 Å². The largest absolute Gasteiger partial charge is 0.480 e. The Hall–Kier alpha value is -2.64. The quantitative estimate of drug-likeness (QED) is 0.803. The van der Waals surface area contributed by atoms with Crippen molar-refractivity contribution in [2.45, 2.75) is 33.5 Å². The fourth-order valence-corrected chi connectivity index (χ4v) is 1.88. The molecule has 0 atom stereocenters. The molecule has 0 spiro atoms. The van der Waals surface area contributed by atoms with Gasteiger partial charge < -0.3 is 10.4 Å². The van der Waals surface area contributed by atoms with Crippen molar-refractivity contribution in [2.75, 3.05) is 0 Å². The fourth-order valence-electron chi connectivity index (χ4n) is 1.88. The van der Waals surface area contributed by atoms with Crippen LogP contribution in [0.2, 0.25) is 0 Å². The molecule has 112 valence electrons. The van der Waals surface area contributed by atoms with Crippen molar-refractivity contribution >= 4 is 11.9 Å². The van der Waals surface area contributed by atoms with Crippen LogP contribution in [-0.2, 0) is 24.4 Å². The van der Waals surface area contributed by atoms with E-state index in [-0.39, 0.29) is 12.5 Å². The van der Waals surface area contributed by atoms with Crippen LogP contribution >= 0.6 is 0 Å². The predicted molar refractivity (Wildman–Crippen MR) is 73.7 cm³/mol. The van der Waals surface area contributed by atoms with E-state index < -0.39 is 5.97 Å². The minimum atomic E-state index is -1.01.